The van der Waals surface area contributed by atoms with Crippen LogP contribution in [0.25, 0.3) is 0 Å². The molecule has 0 aromatic heterocycles. The third-order valence-electron chi connectivity index (χ3n) is 2.34. The fraction of sp³-hybridized carbons (Fsp3) is 0.0769. The average molecular weight is 304 g/mol. The standard InChI is InChI=1S/C13H9Cl3O2/c14-9-5-4-8(7-17)12(6-9)18-11-3-1-2-10(15)13(11)16/h1-6,17H,7H2. The fourth-order valence-corrected chi connectivity index (χ4v) is 1.93. The number of aliphatic hydroxyl groups excluding tert-OH is 1. The first-order valence-corrected chi connectivity index (χ1v) is 6.26. The van der Waals surface area contributed by atoms with Crippen LogP contribution in [0.3, 0.4) is 0 Å². The minimum Gasteiger partial charge on any atom is -0.455 e. The van der Waals surface area contributed by atoms with Crippen LogP contribution in [0.4, 0.5) is 0 Å². The van der Waals surface area contributed by atoms with Crippen molar-refractivity contribution in [2.24, 2.45) is 0 Å². The number of benzene rings is 2. The van der Waals surface area contributed by atoms with Crippen molar-refractivity contribution in [1.82, 2.24) is 0 Å². The summed E-state index contributed by atoms with van der Waals surface area (Å²) >= 11 is 17.8. The van der Waals surface area contributed by atoms with Crippen LogP contribution in [-0.4, -0.2) is 5.11 Å². The maximum atomic E-state index is 9.23. The lowest BCUT2D eigenvalue weighted by Gasteiger charge is -2.11. The van der Waals surface area contributed by atoms with E-state index < -0.39 is 0 Å². The summed E-state index contributed by atoms with van der Waals surface area (Å²) in [5.41, 5.74) is 0.621. The molecular weight excluding hydrogens is 294 g/mol. The summed E-state index contributed by atoms with van der Waals surface area (Å²) in [5.74, 6) is 0.871. The summed E-state index contributed by atoms with van der Waals surface area (Å²) < 4.78 is 5.63. The lowest BCUT2D eigenvalue weighted by molar-refractivity contribution is 0.276. The Hall–Kier alpha value is -0.930. The van der Waals surface area contributed by atoms with Gasteiger partial charge >= 0.3 is 0 Å². The molecule has 18 heavy (non-hydrogen) atoms. The zero-order chi connectivity index (χ0) is 13.1. The van der Waals surface area contributed by atoms with Gasteiger partial charge in [0.05, 0.1) is 11.6 Å². The van der Waals surface area contributed by atoms with Gasteiger partial charge in [-0.3, -0.25) is 0 Å². The van der Waals surface area contributed by atoms with Crippen molar-refractivity contribution in [2.45, 2.75) is 6.61 Å². The number of hydrogen-bond donors (Lipinski definition) is 1. The molecule has 2 aromatic rings. The molecule has 0 spiro atoms. The Morgan fingerprint density at radius 3 is 2.50 bits per heavy atom. The molecule has 0 saturated heterocycles. The second-order valence-electron chi connectivity index (χ2n) is 3.56. The molecule has 0 amide bonds. The van der Waals surface area contributed by atoms with E-state index >= 15 is 0 Å². The van der Waals surface area contributed by atoms with E-state index in [-0.39, 0.29) is 6.61 Å². The summed E-state index contributed by atoms with van der Waals surface area (Å²) in [7, 11) is 0. The Balaban J connectivity index is 2.39. The van der Waals surface area contributed by atoms with Gasteiger partial charge in [-0.05, 0) is 24.3 Å². The highest BCUT2D eigenvalue weighted by atomic mass is 35.5. The van der Waals surface area contributed by atoms with Crippen molar-refractivity contribution >= 4 is 34.8 Å². The average Bonchev–Trinajstić information content (AvgIpc) is 2.35. The predicted octanol–water partition coefficient (Wildman–Crippen LogP) is 4.93. The predicted molar refractivity (Wildman–Crippen MR) is 73.9 cm³/mol. The van der Waals surface area contributed by atoms with E-state index in [1.807, 2.05) is 0 Å². The molecule has 0 radical (unpaired) electrons. The van der Waals surface area contributed by atoms with Crippen LogP contribution >= 0.6 is 34.8 Å². The van der Waals surface area contributed by atoms with Gasteiger partial charge in [0.25, 0.3) is 0 Å². The van der Waals surface area contributed by atoms with Gasteiger partial charge in [0, 0.05) is 10.6 Å². The second-order valence-corrected chi connectivity index (χ2v) is 4.79. The largest absolute Gasteiger partial charge is 0.455 e. The van der Waals surface area contributed by atoms with Crippen LogP contribution < -0.4 is 4.74 Å². The van der Waals surface area contributed by atoms with Crippen LogP contribution in [0.1, 0.15) is 5.56 Å². The zero-order valence-electron chi connectivity index (χ0n) is 9.16. The fourth-order valence-electron chi connectivity index (χ4n) is 1.44. The minimum atomic E-state index is -0.148. The summed E-state index contributed by atoms with van der Waals surface area (Å²) in [5, 5.41) is 10.5. The minimum absolute atomic E-state index is 0.148. The number of ether oxygens (including phenoxy) is 1. The molecule has 2 rings (SSSR count). The van der Waals surface area contributed by atoms with Gasteiger partial charge < -0.3 is 9.84 Å². The molecule has 0 aliphatic heterocycles. The third kappa shape index (κ3) is 2.90. The molecule has 0 aliphatic carbocycles. The Kier molecular flexibility index (Phi) is 4.36. The van der Waals surface area contributed by atoms with Gasteiger partial charge in [-0.1, -0.05) is 46.9 Å². The van der Waals surface area contributed by atoms with E-state index in [0.717, 1.165) is 0 Å². The molecule has 2 aromatic carbocycles. The molecular formula is C13H9Cl3O2. The van der Waals surface area contributed by atoms with Crippen LogP contribution in [-0.2, 0) is 6.61 Å². The lowest BCUT2D eigenvalue weighted by Crippen LogP contribution is -1.92. The highest BCUT2D eigenvalue weighted by molar-refractivity contribution is 6.42. The molecule has 0 bridgehead atoms. The number of aliphatic hydroxyl groups is 1. The van der Waals surface area contributed by atoms with Gasteiger partial charge in [-0.2, -0.15) is 0 Å². The van der Waals surface area contributed by atoms with Gasteiger partial charge in [-0.25, -0.2) is 0 Å². The Bertz CT molecular complexity index is 570. The SMILES string of the molecule is OCc1ccc(Cl)cc1Oc1cccc(Cl)c1Cl. The van der Waals surface area contributed by atoms with Gasteiger partial charge in [0.2, 0.25) is 0 Å². The summed E-state index contributed by atoms with van der Waals surface area (Å²) in [6, 6.07) is 10.1. The molecule has 2 nitrogen and oxygen atoms in total. The maximum Gasteiger partial charge on any atom is 0.147 e. The highest BCUT2D eigenvalue weighted by Gasteiger charge is 2.10. The Morgan fingerprint density at radius 1 is 1.00 bits per heavy atom. The van der Waals surface area contributed by atoms with Crippen LogP contribution in [0.5, 0.6) is 11.5 Å². The second kappa shape index (κ2) is 5.81. The normalized spacial score (nSPS) is 10.4. The van der Waals surface area contributed by atoms with Crippen LogP contribution in [0.15, 0.2) is 36.4 Å². The molecule has 0 fully saturated rings. The highest BCUT2D eigenvalue weighted by Crippen LogP contribution is 2.36. The van der Waals surface area contributed by atoms with Crippen LogP contribution in [0.2, 0.25) is 15.1 Å². The Labute approximate surface area is 120 Å². The van der Waals surface area contributed by atoms with E-state index in [1.165, 1.54) is 0 Å². The van der Waals surface area contributed by atoms with Crippen molar-refractivity contribution in [3.05, 3.63) is 57.0 Å². The molecule has 0 unspecified atom stereocenters. The van der Waals surface area contributed by atoms with E-state index in [0.29, 0.717) is 32.1 Å². The molecule has 94 valence electrons. The molecule has 5 heteroatoms. The topological polar surface area (TPSA) is 29.5 Å². The van der Waals surface area contributed by atoms with Gasteiger partial charge in [0.15, 0.2) is 0 Å². The first-order valence-electron chi connectivity index (χ1n) is 5.13. The molecule has 0 atom stereocenters. The maximum absolute atomic E-state index is 9.23. The summed E-state index contributed by atoms with van der Waals surface area (Å²) in [6.45, 7) is -0.148. The molecule has 0 heterocycles. The van der Waals surface area contributed by atoms with Gasteiger partial charge in [-0.15, -0.1) is 0 Å². The van der Waals surface area contributed by atoms with Crippen LogP contribution in [0, 0.1) is 0 Å². The van der Waals surface area contributed by atoms with Crippen molar-refractivity contribution < 1.29 is 9.84 Å². The quantitative estimate of drug-likeness (QED) is 0.871. The number of hydrogen-bond acceptors (Lipinski definition) is 2. The molecule has 0 saturated carbocycles. The van der Waals surface area contributed by atoms with Crippen molar-refractivity contribution in [3.8, 4) is 11.5 Å². The number of halogens is 3. The summed E-state index contributed by atoms with van der Waals surface area (Å²) in [6.07, 6.45) is 0. The van der Waals surface area contributed by atoms with E-state index in [1.54, 1.807) is 36.4 Å². The van der Waals surface area contributed by atoms with E-state index in [2.05, 4.69) is 0 Å². The van der Waals surface area contributed by atoms with Crippen molar-refractivity contribution in [3.63, 3.8) is 0 Å². The summed E-state index contributed by atoms with van der Waals surface area (Å²) in [4.78, 5) is 0. The molecule has 0 aliphatic rings. The van der Waals surface area contributed by atoms with Crippen molar-refractivity contribution in [1.29, 1.82) is 0 Å². The molecule has 1 N–H and O–H groups in total. The zero-order valence-corrected chi connectivity index (χ0v) is 11.4. The number of rotatable bonds is 3. The van der Waals surface area contributed by atoms with Gasteiger partial charge in [0.1, 0.15) is 16.5 Å². The first-order chi connectivity index (χ1) is 8.61. The monoisotopic (exact) mass is 302 g/mol. The van der Waals surface area contributed by atoms with E-state index in [4.69, 9.17) is 39.5 Å². The first kappa shape index (κ1) is 13.5. The smallest absolute Gasteiger partial charge is 0.147 e. The van der Waals surface area contributed by atoms with Crippen molar-refractivity contribution in [2.75, 3.05) is 0 Å². The Morgan fingerprint density at radius 2 is 1.78 bits per heavy atom. The van der Waals surface area contributed by atoms with E-state index in [9.17, 15) is 5.11 Å². The lowest BCUT2D eigenvalue weighted by atomic mass is 10.2. The third-order valence-corrected chi connectivity index (χ3v) is 3.37.